The Morgan fingerprint density at radius 2 is 2.10 bits per heavy atom. The fraction of sp³-hybridized carbons (Fsp3) is 0.625. The zero-order chi connectivity index (χ0) is 14.5. The monoisotopic (exact) mass is 297 g/mol. The van der Waals surface area contributed by atoms with Crippen molar-refractivity contribution in [2.75, 3.05) is 6.61 Å². The number of rotatable bonds is 6. The summed E-state index contributed by atoms with van der Waals surface area (Å²) in [5.41, 5.74) is 6.80. The lowest BCUT2D eigenvalue weighted by Gasteiger charge is -2.18. The van der Waals surface area contributed by atoms with Gasteiger partial charge in [-0.15, -0.1) is 0 Å². The summed E-state index contributed by atoms with van der Waals surface area (Å²) in [6.45, 7) is 2.21. The summed E-state index contributed by atoms with van der Waals surface area (Å²) in [4.78, 5) is 0. The van der Waals surface area contributed by atoms with Gasteiger partial charge >= 0.3 is 0 Å². The van der Waals surface area contributed by atoms with Gasteiger partial charge in [0, 0.05) is 16.6 Å². The molecule has 1 aliphatic carbocycles. The van der Waals surface area contributed by atoms with E-state index < -0.39 is 6.10 Å². The van der Waals surface area contributed by atoms with Crippen molar-refractivity contribution >= 4 is 11.6 Å². The lowest BCUT2D eigenvalue weighted by Crippen LogP contribution is -2.21. The quantitative estimate of drug-likeness (QED) is 0.842. The summed E-state index contributed by atoms with van der Waals surface area (Å²) < 4.78 is 5.74. The van der Waals surface area contributed by atoms with Crippen LogP contribution in [0.5, 0.6) is 5.75 Å². The van der Waals surface area contributed by atoms with Crippen LogP contribution in [0.3, 0.4) is 0 Å². The summed E-state index contributed by atoms with van der Waals surface area (Å²) in [5.74, 6) is 1.38. The maximum atomic E-state index is 10.1. The Labute approximate surface area is 126 Å². The van der Waals surface area contributed by atoms with Crippen molar-refractivity contribution in [3.8, 4) is 5.75 Å². The smallest absolute Gasteiger partial charge is 0.124 e. The highest BCUT2D eigenvalue weighted by Gasteiger charge is 2.19. The lowest BCUT2D eigenvalue weighted by molar-refractivity contribution is 0.0849. The molecule has 2 atom stereocenters. The molecule has 0 spiro atoms. The van der Waals surface area contributed by atoms with Crippen LogP contribution in [0.4, 0.5) is 0 Å². The van der Waals surface area contributed by atoms with E-state index in [2.05, 4.69) is 0 Å². The Morgan fingerprint density at radius 3 is 2.75 bits per heavy atom. The fourth-order valence-corrected chi connectivity index (χ4v) is 3.07. The molecule has 1 fully saturated rings. The van der Waals surface area contributed by atoms with Crippen LogP contribution in [-0.2, 0) is 0 Å². The van der Waals surface area contributed by atoms with Gasteiger partial charge in [-0.05, 0) is 37.5 Å². The van der Waals surface area contributed by atoms with Gasteiger partial charge in [-0.3, -0.25) is 0 Å². The van der Waals surface area contributed by atoms with E-state index >= 15 is 0 Å². The van der Waals surface area contributed by atoms with Gasteiger partial charge in [0.1, 0.15) is 12.4 Å². The van der Waals surface area contributed by atoms with E-state index in [4.69, 9.17) is 22.1 Å². The van der Waals surface area contributed by atoms with Gasteiger partial charge < -0.3 is 15.6 Å². The van der Waals surface area contributed by atoms with Gasteiger partial charge in [-0.2, -0.15) is 0 Å². The second-order valence-electron chi connectivity index (χ2n) is 5.82. The van der Waals surface area contributed by atoms with E-state index in [1.807, 2.05) is 19.1 Å². The maximum absolute atomic E-state index is 10.1. The third-order valence-electron chi connectivity index (χ3n) is 3.97. The second kappa shape index (κ2) is 7.30. The van der Waals surface area contributed by atoms with Gasteiger partial charge in [-0.25, -0.2) is 0 Å². The third kappa shape index (κ3) is 4.37. The molecule has 1 aliphatic rings. The predicted molar refractivity (Wildman–Crippen MR) is 82.1 cm³/mol. The third-order valence-corrected chi connectivity index (χ3v) is 4.21. The first-order chi connectivity index (χ1) is 9.56. The summed E-state index contributed by atoms with van der Waals surface area (Å²) in [6, 6.07) is 5.29. The molecular formula is C16H24ClNO2. The number of aliphatic hydroxyl groups is 1. The number of benzene rings is 1. The van der Waals surface area contributed by atoms with Gasteiger partial charge in [-0.1, -0.05) is 37.3 Å². The topological polar surface area (TPSA) is 55.5 Å². The van der Waals surface area contributed by atoms with Gasteiger partial charge in [0.15, 0.2) is 0 Å². The molecule has 2 rings (SSSR count). The largest absolute Gasteiger partial charge is 0.491 e. The first-order valence-corrected chi connectivity index (χ1v) is 7.80. The molecule has 0 bridgehead atoms. The molecule has 0 amide bonds. The number of aliphatic hydroxyl groups excluding tert-OH is 1. The summed E-state index contributed by atoms with van der Waals surface area (Å²) in [7, 11) is 0. The van der Waals surface area contributed by atoms with Crippen LogP contribution in [0, 0.1) is 5.92 Å². The molecule has 0 aliphatic heterocycles. The Morgan fingerprint density at radius 1 is 1.40 bits per heavy atom. The van der Waals surface area contributed by atoms with Crippen LogP contribution < -0.4 is 10.5 Å². The number of ether oxygens (including phenoxy) is 1. The van der Waals surface area contributed by atoms with Crippen molar-refractivity contribution in [3.05, 3.63) is 28.8 Å². The minimum absolute atomic E-state index is 0.143. The Bertz CT molecular complexity index is 430. The molecule has 112 valence electrons. The number of nitrogens with two attached hydrogens (primary N) is 1. The van der Waals surface area contributed by atoms with Crippen LogP contribution in [0.15, 0.2) is 18.2 Å². The molecule has 1 aromatic rings. The zero-order valence-corrected chi connectivity index (χ0v) is 12.8. The van der Waals surface area contributed by atoms with Crippen molar-refractivity contribution in [3.63, 3.8) is 0 Å². The standard InChI is InChI=1S/C16H24ClNO2/c1-11(18)15-9-13(17)6-7-16(15)20-10-14(19)8-12-4-2-3-5-12/h6-7,9,11-12,14,19H,2-5,8,10,18H2,1H3/t11-,14?/m1/s1. The lowest BCUT2D eigenvalue weighted by atomic mass is 10.0. The maximum Gasteiger partial charge on any atom is 0.124 e. The Balaban J connectivity index is 1.89. The van der Waals surface area contributed by atoms with E-state index in [1.165, 1.54) is 25.7 Å². The minimum Gasteiger partial charge on any atom is -0.491 e. The molecule has 0 aromatic heterocycles. The average molecular weight is 298 g/mol. The normalized spacial score (nSPS) is 19.0. The van der Waals surface area contributed by atoms with Gasteiger partial charge in [0.25, 0.3) is 0 Å². The molecule has 1 unspecified atom stereocenters. The number of hydrogen-bond donors (Lipinski definition) is 2. The van der Waals surface area contributed by atoms with Crippen LogP contribution in [0.2, 0.25) is 5.02 Å². The Hall–Kier alpha value is -0.770. The fourth-order valence-electron chi connectivity index (χ4n) is 2.89. The molecule has 0 radical (unpaired) electrons. The van der Waals surface area contributed by atoms with Gasteiger partial charge in [0.2, 0.25) is 0 Å². The highest BCUT2D eigenvalue weighted by Crippen LogP contribution is 2.30. The van der Waals surface area contributed by atoms with Crippen molar-refractivity contribution in [2.45, 2.75) is 51.2 Å². The van der Waals surface area contributed by atoms with Crippen LogP contribution in [-0.4, -0.2) is 17.8 Å². The predicted octanol–water partition coefficient (Wildman–Crippen LogP) is 3.68. The molecule has 20 heavy (non-hydrogen) atoms. The van der Waals surface area contributed by atoms with Crippen LogP contribution >= 0.6 is 11.6 Å². The van der Waals surface area contributed by atoms with Crippen molar-refractivity contribution < 1.29 is 9.84 Å². The van der Waals surface area contributed by atoms with Crippen LogP contribution in [0.25, 0.3) is 0 Å². The summed E-state index contributed by atoms with van der Waals surface area (Å²) >= 11 is 5.98. The van der Waals surface area contributed by atoms with Crippen molar-refractivity contribution in [1.82, 2.24) is 0 Å². The highest BCUT2D eigenvalue weighted by molar-refractivity contribution is 6.30. The van der Waals surface area contributed by atoms with Crippen molar-refractivity contribution in [1.29, 1.82) is 0 Å². The molecule has 0 saturated heterocycles. The van der Waals surface area contributed by atoms with E-state index in [0.29, 0.717) is 17.5 Å². The first-order valence-electron chi connectivity index (χ1n) is 7.42. The van der Waals surface area contributed by atoms with E-state index in [0.717, 1.165) is 17.7 Å². The zero-order valence-electron chi connectivity index (χ0n) is 12.0. The summed E-state index contributed by atoms with van der Waals surface area (Å²) in [6.07, 6.45) is 5.50. The minimum atomic E-state index is -0.408. The molecule has 3 nitrogen and oxygen atoms in total. The van der Waals surface area contributed by atoms with E-state index in [-0.39, 0.29) is 6.04 Å². The van der Waals surface area contributed by atoms with Crippen molar-refractivity contribution in [2.24, 2.45) is 11.7 Å². The second-order valence-corrected chi connectivity index (χ2v) is 6.26. The first kappa shape index (κ1) is 15.6. The molecular weight excluding hydrogens is 274 g/mol. The number of halogens is 1. The molecule has 1 saturated carbocycles. The number of hydrogen-bond acceptors (Lipinski definition) is 3. The molecule has 1 aromatic carbocycles. The molecule has 4 heteroatoms. The molecule has 3 N–H and O–H groups in total. The van der Waals surface area contributed by atoms with E-state index in [1.54, 1.807) is 6.07 Å². The highest BCUT2D eigenvalue weighted by atomic mass is 35.5. The summed E-state index contributed by atoms with van der Waals surface area (Å²) in [5, 5.41) is 10.7. The Kier molecular flexibility index (Phi) is 5.70. The average Bonchev–Trinajstić information content (AvgIpc) is 2.90. The van der Waals surface area contributed by atoms with E-state index in [9.17, 15) is 5.11 Å². The molecule has 0 heterocycles. The van der Waals surface area contributed by atoms with Crippen LogP contribution in [0.1, 0.15) is 50.6 Å². The SMILES string of the molecule is C[C@@H](N)c1cc(Cl)ccc1OCC(O)CC1CCCC1. The van der Waals surface area contributed by atoms with Gasteiger partial charge in [0.05, 0.1) is 6.10 Å².